The van der Waals surface area contributed by atoms with Crippen molar-refractivity contribution in [2.24, 2.45) is 0 Å². The molecule has 7 heteroatoms. The third-order valence-electron chi connectivity index (χ3n) is 5.36. The lowest BCUT2D eigenvalue weighted by Gasteiger charge is -2.24. The fourth-order valence-electron chi connectivity index (χ4n) is 3.48. The van der Waals surface area contributed by atoms with E-state index in [4.69, 9.17) is 16.3 Å². The summed E-state index contributed by atoms with van der Waals surface area (Å²) in [6.07, 6.45) is 4.19. The molecular formula is C28H32ClN3O3. The van der Waals surface area contributed by atoms with Gasteiger partial charge < -0.3 is 15.4 Å². The molecule has 3 amide bonds. The minimum absolute atomic E-state index is 0.0537. The molecule has 0 spiro atoms. The van der Waals surface area contributed by atoms with Crippen LogP contribution in [-0.2, 0) is 4.79 Å². The molecule has 0 radical (unpaired) electrons. The first-order valence-electron chi connectivity index (χ1n) is 12.0. The fraction of sp³-hybridized carbons (Fsp3) is 0.286. The summed E-state index contributed by atoms with van der Waals surface area (Å²) in [6, 6.07) is 23.6. The molecule has 0 aliphatic carbocycles. The number of unbranched alkanes of at least 4 members (excludes halogenated alkanes) is 2. The molecule has 0 fully saturated rings. The SMILES string of the molecule is CCCCCC(=O)NCCCN(C(=O)Nc1ccc(Cl)cc1)c1ccc(Oc2ccccc2)cc1. The standard InChI is InChI=1S/C28H32ClN3O3/c1-2-3-5-11-27(33)30-20-8-21-32(28(34)31-23-14-12-22(29)13-15-23)24-16-18-26(19-17-24)35-25-9-6-4-7-10-25/h4,6-7,9-10,12-19H,2-3,5,8,11,20-21H2,1H3,(H,30,33)(H,31,34). The van der Waals surface area contributed by atoms with Crippen LogP contribution in [0.15, 0.2) is 78.9 Å². The minimum Gasteiger partial charge on any atom is -0.457 e. The van der Waals surface area contributed by atoms with E-state index in [0.717, 1.165) is 30.7 Å². The fourth-order valence-corrected chi connectivity index (χ4v) is 3.61. The van der Waals surface area contributed by atoms with E-state index in [2.05, 4.69) is 17.6 Å². The summed E-state index contributed by atoms with van der Waals surface area (Å²) < 4.78 is 5.87. The van der Waals surface area contributed by atoms with E-state index >= 15 is 0 Å². The van der Waals surface area contributed by atoms with Crippen LogP contribution in [0.2, 0.25) is 5.02 Å². The van der Waals surface area contributed by atoms with Crippen LogP contribution in [0.1, 0.15) is 39.0 Å². The Morgan fingerprint density at radius 2 is 1.54 bits per heavy atom. The number of hydrogen-bond donors (Lipinski definition) is 2. The number of anilines is 2. The Hall–Kier alpha value is -3.51. The van der Waals surface area contributed by atoms with Crippen LogP contribution in [0, 0.1) is 0 Å². The zero-order valence-electron chi connectivity index (χ0n) is 20.0. The molecule has 0 heterocycles. The lowest BCUT2D eigenvalue weighted by molar-refractivity contribution is -0.121. The van der Waals surface area contributed by atoms with Crippen molar-refractivity contribution in [2.45, 2.75) is 39.0 Å². The predicted molar refractivity (Wildman–Crippen MR) is 143 cm³/mol. The number of carbonyl (C=O) groups is 2. The van der Waals surface area contributed by atoms with E-state index in [1.807, 2.05) is 54.6 Å². The van der Waals surface area contributed by atoms with Gasteiger partial charge in [0.2, 0.25) is 5.91 Å². The van der Waals surface area contributed by atoms with Crippen molar-refractivity contribution in [1.29, 1.82) is 0 Å². The number of urea groups is 1. The summed E-state index contributed by atoms with van der Waals surface area (Å²) in [5.41, 5.74) is 1.38. The van der Waals surface area contributed by atoms with Gasteiger partial charge in [0, 0.05) is 35.9 Å². The molecule has 184 valence electrons. The highest BCUT2D eigenvalue weighted by atomic mass is 35.5. The normalized spacial score (nSPS) is 10.5. The van der Waals surface area contributed by atoms with E-state index in [1.165, 1.54) is 0 Å². The van der Waals surface area contributed by atoms with Gasteiger partial charge in [-0.3, -0.25) is 9.69 Å². The highest BCUT2D eigenvalue weighted by molar-refractivity contribution is 6.30. The average molecular weight is 494 g/mol. The van der Waals surface area contributed by atoms with E-state index in [0.29, 0.717) is 42.4 Å². The van der Waals surface area contributed by atoms with E-state index in [-0.39, 0.29) is 11.9 Å². The van der Waals surface area contributed by atoms with Crippen molar-refractivity contribution in [1.82, 2.24) is 5.32 Å². The zero-order valence-corrected chi connectivity index (χ0v) is 20.8. The second kappa shape index (κ2) is 14.0. The van der Waals surface area contributed by atoms with Gasteiger partial charge in [0.05, 0.1) is 0 Å². The van der Waals surface area contributed by atoms with Gasteiger partial charge >= 0.3 is 6.03 Å². The number of ether oxygens (including phenoxy) is 1. The number of nitrogens with one attached hydrogen (secondary N) is 2. The molecule has 3 aromatic rings. The quantitative estimate of drug-likeness (QED) is 0.261. The molecule has 0 aliphatic heterocycles. The summed E-state index contributed by atoms with van der Waals surface area (Å²) in [5, 5.41) is 6.46. The second-order valence-electron chi connectivity index (χ2n) is 8.16. The maximum Gasteiger partial charge on any atom is 0.326 e. The van der Waals surface area contributed by atoms with Crippen LogP contribution in [0.25, 0.3) is 0 Å². The summed E-state index contributed by atoms with van der Waals surface area (Å²) in [4.78, 5) is 26.8. The van der Waals surface area contributed by atoms with Gasteiger partial charge in [-0.1, -0.05) is 49.6 Å². The first-order valence-corrected chi connectivity index (χ1v) is 12.4. The van der Waals surface area contributed by atoms with Crippen molar-refractivity contribution < 1.29 is 14.3 Å². The Morgan fingerprint density at radius 3 is 2.23 bits per heavy atom. The topological polar surface area (TPSA) is 70.7 Å². The van der Waals surface area contributed by atoms with Gasteiger partial charge in [-0.05, 0) is 73.5 Å². The molecular weight excluding hydrogens is 462 g/mol. The van der Waals surface area contributed by atoms with E-state index in [1.54, 1.807) is 29.2 Å². The van der Waals surface area contributed by atoms with Crippen LogP contribution >= 0.6 is 11.6 Å². The van der Waals surface area contributed by atoms with Crippen molar-refractivity contribution in [3.63, 3.8) is 0 Å². The van der Waals surface area contributed by atoms with Crippen molar-refractivity contribution >= 4 is 34.9 Å². The molecule has 35 heavy (non-hydrogen) atoms. The molecule has 0 bridgehead atoms. The summed E-state index contributed by atoms with van der Waals surface area (Å²) in [5.74, 6) is 1.47. The van der Waals surface area contributed by atoms with Crippen molar-refractivity contribution in [2.75, 3.05) is 23.3 Å². The maximum atomic E-state index is 13.1. The predicted octanol–water partition coefficient (Wildman–Crippen LogP) is 7.26. The third-order valence-corrected chi connectivity index (χ3v) is 5.61. The summed E-state index contributed by atoms with van der Waals surface area (Å²) >= 11 is 5.96. The number of rotatable bonds is 12. The Morgan fingerprint density at radius 1 is 0.857 bits per heavy atom. The lowest BCUT2D eigenvalue weighted by atomic mass is 10.2. The Bertz CT molecular complexity index is 1060. The van der Waals surface area contributed by atoms with Gasteiger partial charge in [0.25, 0.3) is 0 Å². The van der Waals surface area contributed by atoms with Gasteiger partial charge in [-0.25, -0.2) is 4.79 Å². The molecule has 0 saturated heterocycles. The first-order chi connectivity index (χ1) is 17.0. The number of para-hydroxylation sites is 1. The molecule has 6 nitrogen and oxygen atoms in total. The average Bonchev–Trinajstić information content (AvgIpc) is 2.87. The number of carbonyl (C=O) groups excluding carboxylic acids is 2. The summed E-state index contributed by atoms with van der Waals surface area (Å²) in [7, 11) is 0. The first kappa shape index (κ1) is 26.1. The Balaban J connectivity index is 1.63. The third kappa shape index (κ3) is 8.98. The molecule has 0 atom stereocenters. The maximum absolute atomic E-state index is 13.1. The molecule has 0 aliphatic rings. The van der Waals surface area contributed by atoms with Crippen molar-refractivity contribution in [3.8, 4) is 11.5 Å². The van der Waals surface area contributed by atoms with Crippen LogP contribution in [-0.4, -0.2) is 25.0 Å². The molecule has 3 rings (SSSR count). The van der Waals surface area contributed by atoms with Crippen LogP contribution in [0.3, 0.4) is 0 Å². The Kier molecular flexibility index (Phi) is 10.5. The smallest absolute Gasteiger partial charge is 0.326 e. The second-order valence-corrected chi connectivity index (χ2v) is 8.59. The monoisotopic (exact) mass is 493 g/mol. The number of hydrogen-bond acceptors (Lipinski definition) is 3. The minimum atomic E-state index is -0.265. The highest BCUT2D eigenvalue weighted by Gasteiger charge is 2.16. The largest absolute Gasteiger partial charge is 0.457 e. The molecule has 0 unspecified atom stereocenters. The zero-order chi connectivity index (χ0) is 24.9. The number of nitrogens with zero attached hydrogens (tertiary/aromatic N) is 1. The number of halogens is 1. The number of benzene rings is 3. The van der Waals surface area contributed by atoms with Crippen LogP contribution in [0.4, 0.5) is 16.2 Å². The molecule has 0 saturated carbocycles. The van der Waals surface area contributed by atoms with Gasteiger partial charge in [0.1, 0.15) is 11.5 Å². The lowest BCUT2D eigenvalue weighted by Crippen LogP contribution is -2.37. The summed E-state index contributed by atoms with van der Waals surface area (Å²) in [6.45, 7) is 3.06. The molecule has 2 N–H and O–H groups in total. The van der Waals surface area contributed by atoms with E-state index < -0.39 is 0 Å². The van der Waals surface area contributed by atoms with Crippen molar-refractivity contribution in [3.05, 3.63) is 83.9 Å². The van der Waals surface area contributed by atoms with Crippen LogP contribution in [0.5, 0.6) is 11.5 Å². The highest BCUT2D eigenvalue weighted by Crippen LogP contribution is 2.25. The van der Waals surface area contributed by atoms with Gasteiger partial charge in [0.15, 0.2) is 0 Å². The van der Waals surface area contributed by atoms with Gasteiger partial charge in [-0.2, -0.15) is 0 Å². The Labute approximate surface area is 212 Å². The molecule has 3 aromatic carbocycles. The van der Waals surface area contributed by atoms with Crippen LogP contribution < -0.4 is 20.3 Å². The van der Waals surface area contributed by atoms with Gasteiger partial charge in [-0.15, -0.1) is 0 Å². The number of amides is 3. The molecule has 0 aromatic heterocycles. The van der Waals surface area contributed by atoms with E-state index in [9.17, 15) is 9.59 Å².